The third-order valence-corrected chi connectivity index (χ3v) is 3.68. The Labute approximate surface area is 122 Å². The van der Waals surface area contributed by atoms with Gasteiger partial charge in [0, 0.05) is 29.2 Å². The van der Waals surface area contributed by atoms with Gasteiger partial charge < -0.3 is 10.1 Å². The Morgan fingerprint density at radius 2 is 2.16 bits per heavy atom. The van der Waals surface area contributed by atoms with Crippen LogP contribution in [0.4, 0.5) is 5.69 Å². The predicted molar refractivity (Wildman–Crippen MR) is 83.7 cm³/mol. The number of nitrogens with zero attached hydrogens (tertiary/aromatic N) is 1. The van der Waals surface area contributed by atoms with E-state index < -0.39 is 0 Å². The second-order valence-corrected chi connectivity index (χ2v) is 5.46. The van der Waals surface area contributed by atoms with E-state index in [-0.39, 0.29) is 0 Å². The van der Waals surface area contributed by atoms with Crippen LogP contribution in [0.25, 0.3) is 10.9 Å². The lowest BCUT2D eigenvalue weighted by atomic mass is 10.1. The molecule has 0 aliphatic heterocycles. The van der Waals surface area contributed by atoms with Crippen molar-refractivity contribution >= 4 is 32.5 Å². The van der Waals surface area contributed by atoms with Gasteiger partial charge in [0.05, 0.1) is 17.8 Å². The third kappa shape index (κ3) is 3.07. The molecule has 0 saturated carbocycles. The maximum atomic E-state index is 5.20. The van der Waals surface area contributed by atoms with E-state index in [2.05, 4.69) is 53.3 Å². The van der Waals surface area contributed by atoms with Crippen LogP contribution in [0, 0.1) is 6.92 Å². The number of hydrogen-bond donors (Lipinski definition) is 1. The van der Waals surface area contributed by atoms with Gasteiger partial charge in [0.1, 0.15) is 0 Å². The molecule has 1 aromatic heterocycles. The van der Waals surface area contributed by atoms with Gasteiger partial charge >= 0.3 is 0 Å². The second-order valence-electron chi connectivity index (χ2n) is 4.61. The Hall–Kier alpha value is -1.13. The maximum Gasteiger partial charge on any atom is 0.0885 e. The van der Waals surface area contributed by atoms with Crippen molar-refractivity contribution < 1.29 is 4.74 Å². The fourth-order valence-electron chi connectivity index (χ4n) is 2.11. The van der Waals surface area contributed by atoms with Crippen LogP contribution in [0.15, 0.2) is 22.7 Å². The van der Waals surface area contributed by atoms with Crippen molar-refractivity contribution in [2.75, 3.05) is 19.0 Å². The molecule has 0 bridgehead atoms. The molecule has 0 fully saturated rings. The summed E-state index contributed by atoms with van der Waals surface area (Å²) in [6, 6.07) is 6.23. The number of fused-ring (bicyclic) bond motifs is 1. The summed E-state index contributed by atoms with van der Waals surface area (Å²) < 4.78 is 6.28. The molecule has 4 heteroatoms. The fraction of sp³-hybridized carbons (Fsp3) is 0.400. The normalized spacial score (nSPS) is 10.9. The highest BCUT2D eigenvalue weighted by atomic mass is 79.9. The first-order valence-corrected chi connectivity index (χ1v) is 7.28. The minimum absolute atomic E-state index is 0.530. The van der Waals surface area contributed by atoms with E-state index in [9.17, 15) is 0 Å². The Balaban J connectivity index is 2.63. The molecule has 0 radical (unpaired) electrons. The Morgan fingerprint density at radius 1 is 1.37 bits per heavy atom. The molecule has 0 aliphatic rings. The lowest BCUT2D eigenvalue weighted by Crippen LogP contribution is -2.04. The molecule has 2 rings (SSSR count). The first-order valence-electron chi connectivity index (χ1n) is 6.49. The van der Waals surface area contributed by atoms with Crippen LogP contribution in [0.1, 0.15) is 24.6 Å². The van der Waals surface area contributed by atoms with Gasteiger partial charge in [-0.2, -0.15) is 0 Å². The Kier molecular flexibility index (Phi) is 4.77. The minimum Gasteiger partial charge on any atom is -0.384 e. The average molecular weight is 323 g/mol. The largest absolute Gasteiger partial charge is 0.384 e. The average Bonchev–Trinajstić information content (AvgIpc) is 2.40. The molecule has 3 nitrogen and oxygen atoms in total. The van der Waals surface area contributed by atoms with Gasteiger partial charge in [0.2, 0.25) is 0 Å². The van der Waals surface area contributed by atoms with Crippen LogP contribution in [-0.4, -0.2) is 18.6 Å². The maximum absolute atomic E-state index is 5.20. The summed E-state index contributed by atoms with van der Waals surface area (Å²) in [5.74, 6) is 0. The number of methoxy groups -OCH3 is 1. The quantitative estimate of drug-likeness (QED) is 0.892. The minimum atomic E-state index is 0.530. The van der Waals surface area contributed by atoms with Crippen LogP contribution < -0.4 is 5.32 Å². The number of halogens is 1. The molecule has 0 spiro atoms. The summed E-state index contributed by atoms with van der Waals surface area (Å²) in [5, 5.41) is 4.63. The van der Waals surface area contributed by atoms with E-state index in [4.69, 9.17) is 9.72 Å². The van der Waals surface area contributed by atoms with Gasteiger partial charge in [0.15, 0.2) is 0 Å². The number of pyridine rings is 1. The molecule has 0 atom stereocenters. The van der Waals surface area contributed by atoms with Crippen LogP contribution >= 0.6 is 15.9 Å². The monoisotopic (exact) mass is 322 g/mol. The number of ether oxygens (including phenoxy) is 1. The Bertz CT molecular complexity index is 584. The highest BCUT2D eigenvalue weighted by molar-refractivity contribution is 9.10. The van der Waals surface area contributed by atoms with Crippen molar-refractivity contribution in [2.24, 2.45) is 0 Å². The van der Waals surface area contributed by atoms with Gasteiger partial charge in [-0.25, -0.2) is 4.98 Å². The van der Waals surface area contributed by atoms with E-state index in [0.717, 1.165) is 39.7 Å². The predicted octanol–water partition coefficient (Wildman–Crippen LogP) is 4.27. The van der Waals surface area contributed by atoms with Gasteiger partial charge in [-0.1, -0.05) is 28.9 Å². The van der Waals surface area contributed by atoms with E-state index in [1.807, 2.05) is 0 Å². The van der Waals surface area contributed by atoms with E-state index in [1.165, 1.54) is 5.56 Å². The SMILES string of the molecule is CCCNc1cc(COC)nc2c(C)ccc(Br)c12. The number of hydrogen-bond acceptors (Lipinski definition) is 3. The number of aromatic nitrogens is 1. The summed E-state index contributed by atoms with van der Waals surface area (Å²) in [6.45, 7) is 5.73. The summed E-state index contributed by atoms with van der Waals surface area (Å²) in [6.07, 6.45) is 1.09. The zero-order valence-corrected chi connectivity index (χ0v) is 13.2. The molecule has 0 aliphatic carbocycles. The highest BCUT2D eigenvalue weighted by Crippen LogP contribution is 2.32. The summed E-state index contributed by atoms with van der Waals surface area (Å²) >= 11 is 3.63. The molecule has 1 heterocycles. The van der Waals surface area contributed by atoms with Gasteiger partial charge in [-0.3, -0.25) is 0 Å². The highest BCUT2D eigenvalue weighted by Gasteiger charge is 2.10. The van der Waals surface area contributed by atoms with E-state index >= 15 is 0 Å². The molecule has 0 unspecified atom stereocenters. The zero-order valence-electron chi connectivity index (χ0n) is 11.6. The first kappa shape index (κ1) is 14.3. The molecular weight excluding hydrogens is 304 g/mol. The van der Waals surface area contributed by atoms with E-state index in [0.29, 0.717) is 6.61 Å². The summed E-state index contributed by atoms with van der Waals surface area (Å²) in [7, 11) is 1.69. The number of aryl methyl sites for hydroxylation is 1. The summed E-state index contributed by atoms with van der Waals surface area (Å²) in [5.41, 5.74) is 4.28. The van der Waals surface area contributed by atoms with E-state index in [1.54, 1.807) is 7.11 Å². The molecule has 19 heavy (non-hydrogen) atoms. The topological polar surface area (TPSA) is 34.1 Å². The Morgan fingerprint density at radius 3 is 2.84 bits per heavy atom. The molecule has 2 aromatic rings. The van der Waals surface area contributed by atoms with Crippen molar-refractivity contribution in [3.8, 4) is 0 Å². The van der Waals surface area contributed by atoms with Crippen molar-refractivity contribution in [3.63, 3.8) is 0 Å². The number of rotatable bonds is 5. The van der Waals surface area contributed by atoms with Crippen LogP contribution in [0.5, 0.6) is 0 Å². The van der Waals surface area contributed by atoms with Crippen LogP contribution in [0.3, 0.4) is 0 Å². The van der Waals surface area contributed by atoms with Crippen molar-refractivity contribution in [1.82, 2.24) is 4.98 Å². The van der Waals surface area contributed by atoms with Crippen molar-refractivity contribution in [1.29, 1.82) is 0 Å². The fourth-order valence-corrected chi connectivity index (χ4v) is 2.64. The lowest BCUT2D eigenvalue weighted by Gasteiger charge is -2.14. The van der Waals surface area contributed by atoms with Gasteiger partial charge in [-0.15, -0.1) is 0 Å². The van der Waals surface area contributed by atoms with Crippen molar-refractivity contribution in [3.05, 3.63) is 33.9 Å². The van der Waals surface area contributed by atoms with Gasteiger partial charge in [0.25, 0.3) is 0 Å². The third-order valence-electron chi connectivity index (χ3n) is 3.02. The first-order chi connectivity index (χ1) is 9.17. The molecular formula is C15H19BrN2O. The molecule has 1 aromatic carbocycles. The number of anilines is 1. The molecule has 1 N–H and O–H groups in total. The smallest absolute Gasteiger partial charge is 0.0885 e. The van der Waals surface area contributed by atoms with Crippen LogP contribution in [-0.2, 0) is 11.3 Å². The van der Waals surface area contributed by atoms with Crippen molar-refractivity contribution in [2.45, 2.75) is 26.9 Å². The van der Waals surface area contributed by atoms with Gasteiger partial charge in [-0.05, 0) is 31.0 Å². The second kappa shape index (κ2) is 6.35. The zero-order chi connectivity index (χ0) is 13.8. The number of nitrogens with one attached hydrogen (secondary N) is 1. The summed E-state index contributed by atoms with van der Waals surface area (Å²) in [4.78, 5) is 4.70. The number of benzene rings is 1. The lowest BCUT2D eigenvalue weighted by molar-refractivity contribution is 0.182. The molecule has 0 amide bonds. The standard InChI is InChI=1S/C15H19BrN2O/c1-4-7-17-13-8-11(9-19-3)18-15-10(2)5-6-12(16)14(13)15/h5-6,8H,4,7,9H2,1-3H3,(H,17,18). The van der Waals surface area contributed by atoms with Crippen LogP contribution in [0.2, 0.25) is 0 Å². The molecule has 0 saturated heterocycles. The molecule has 102 valence electrons.